The maximum absolute atomic E-state index is 12.4. The molecule has 1 unspecified atom stereocenters. The summed E-state index contributed by atoms with van der Waals surface area (Å²) in [5, 5.41) is 13.3. The Morgan fingerprint density at radius 2 is 1.88 bits per heavy atom. The first-order chi connectivity index (χ1) is 12.0. The van der Waals surface area contributed by atoms with E-state index in [0.717, 1.165) is 12.8 Å². The van der Waals surface area contributed by atoms with Gasteiger partial charge in [-0.25, -0.2) is 0 Å². The highest BCUT2D eigenvalue weighted by atomic mass is 35.5. The molecule has 8 heteroatoms. The molecule has 0 bridgehead atoms. The van der Waals surface area contributed by atoms with Gasteiger partial charge in [-0.2, -0.15) is 0 Å². The van der Waals surface area contributed by atoms with E-state index in [4.69, 9.17) is 26.8 Å². The van der Waals surface area contributed by atoms with Crippen LogP contribution in [0.3, 0.4) is 0 Å². The van der Waals surface area contributed by atoms with E-state index in [0.29, 0.717) is 34.5 Å². The number of nitrogens with two attached hydrogens (primary N) is 1. The van der Waals surface area contributed by atoms with E-state index >= 15 is 0 Å². The summed E-state index contributed by atoms with van der Waals surface area (Å²) in [6.07, 6.45) is 5.24. The number of nitrogens with one attached hydrogen (secondary N) is 1. The molecule has 1 amide bonds. The van der Waals surface area contributed by atoms with E-state index in [1.54, 1.807) is 12.1 Å². The fourth-order valence-electron chi connectivity index (χ4n) is 3.30. The smallest absolute Gasteiger partial charge is 0.254 e. The molecule has 0 aromatic heterocycles. The molecule has 0 aliphatic heterocycles. The first-order valence-corrected chi connectivity index (χ1v) is 9.00. The van der Waals surface area contributed by atoms with E-state index in [2.05, 4.69) is 5.32 Å². The average molecular weight is 407 g/mol. The number of hydrogen-bond acceptors (Lipinski definition) is 5. The van der Waals surface area contributed by atoms with Gasteiger partial charge in [0.05, 0.1) is 24.9 Å². The van der Waals surface area contributed by atoms with Crippen molar-refractivity contribution in [1.29, 1.82) is 0 Å². The number of hydrogen-bond donors (Lipinski definition) is 3. The van der Waals surface area contributed by atoms with E-state index in [1.165, 1.54) is 33.5 Å². The van der Waals surface area contributed by atoms with Crippen LogP contribution in [0.5, 0.6) is 11.5 Å². The van der Waals surface area contributed by atoms with Crippen LogP contribution in [0.15, 0.2) is 12.1 Å². The Kier molecular flexibility index (Phi) is 9.50. The van der Waals surface area contributed by atoms with Crippen molar-refractivity contribution in [2.45, 2.75) is 50.7 Å². The van der Waals surface area contributed by atoms with Gasteiger partial charge in [-0.05, 0) is 12.3 Å². The summed E-state index contributed by atoms with van der Waals surface area (Å²) in [5.41, 5.74) is 6.44. The number of halogens is 2. The van der Waals surface area contributed by atoms with Gasteiger partial charge in [0.25, 0.3) is 5.91 Å². The Morgan fingerprint density at radius 3 is 2.46 bits per heavy atom. The molecule has 6 nitrogen and oxygen atoms in total. The number of anilines is 1. The Bertz CT molecular complexity index is 595. The van der Waals surface area contributed by atoms with Crippen LogP contribution in [-0.4, -0.2) is 37.4 Å². The predicted molar refractivity (Wildman–Crippen MR) is 106 cm³/mol. The van der Waals surface area contributed by atoms with Crippen LogP contribution in [0.4, 0.5) is 5.69 Å². The highest BCUT2D eigenvalue weighted by Crippen LogP contribution is 2.36. The number of carbonyl (C=O) groups excluding carboxylic acids is 1. The Morgan fingerprint density at radius 1 is 1.27 bits per heavy atom. The highest BCUT2D eigenvalue weighted by Gasteiger charge is 2.27. The lowest BCUT2D eigenvalue weighted by Crippen LogP contribution is -2.44. The van der Waals surface area contributed by atoms with Crippen LogP contribution < -0.4 is 20.5 Å². The minimum Gasteiger partial charge on any atom is -0.495 e. The zero-order valence-corrected chi connectivity index (χ0v) is 16.7. The van der Waals surface area contributed by atoms with Crippen molar-refractivity contribution in [3.63, 3.8) is 0 Å². The summed E-state index contributed by atoms with van der Waals surface area (Å²) in [6, 6.07) is 2.51. The molecule has 26 heavy (non-hydrogen) atoms. The van der Waals surface area contributed by atoms with Crippen LogP contribution in [0, 0.1) is 5.92 Å². The highest BCUT2D eigenvalue weighted by molar-refractivity contribution is 6.32. The second-order valence-electron chi connectivity index (χ2n) is 6.52. The third-order valence-corrected chi connectivity index (χ3v) is 5.03. The topological polar surface area (TPSA) is 93.8 Å². The summed E-state index contributed by atoms with van der Waals surface area (Å²) in [5.74, 6) is 0.702. The molecule has 2 rings (SSSR count). The summed E-state index contributed by atoms with van der Waals surface area (Å²) < 4.78 is 10.4. The van der Waals surface area contributed by atoms with Crippen LogP contribution in [0.1, 0.15) is 38.5 Å². The maximum atomic E-state index is 12.4. The molecule has 0 saturated heterocycles. The molecule has 0 spiro atoms. The largest absolute Gasteiger partial charge is 0.495 e. The molecule has 1 aliphatic carbocycles. The monoisotopic (exact) mass is 406 g/mol. The standard InChI is InChI=1S/C18H27ClN2O4.ClH/c1-24-15-10-14(16(25-2)9-12(15)19)21-18(23)17(22)13(20)8-11-6-4-3-5-7-11;/h9-11,13,17,22H,3-8,20H2,1-2H3,(H,21,23);1H/t13-,17?;/m1./s1. The third kappa shape index (κ3) is 5.91. The van der Waals surface area contributed by atoms with Gasteiger partial charge in [-0.1, -0.05) is 43.7 Å². The minimum absolute atomic E-state index is 0. The fraction of sp³-hybridized carbons (Fsp3) is 0.611. The molecule has 0 heterocycles. The van der Waals surface area contributed by atoms with Gasteiger partial charge < -0.3 is 25.6 Å². The van der Waals surface area contributed by atoms with E-state index < -0.39 is 18.1 Å². The minimum atomic E-state index is -1.28. The predicted octanol–water partition coefficient (Wildman–Crippen LogP) is 3.38. The van der Waals surface area contributed by atoms with Gasteiger partial charge in [0, 0.05) is 18.2 Å². The van der Waals surface area contributed by atoms with Gasteiger partial charge in [0.1, 0.15) is 17.6 Å². The van der Waals surface area contributed by atoms with Crippen molar-refractivity contribution in [2.75, 3.05) is 19.5 Å². The van der Waals surface area contributed by atoms with Crippen molar-refractivity contribution >= 4 is 35.6 Å². The van der Waals surface area contributed by atoms with E-state index in [9.17, 15) is 9.90 Å². The van der Waals surface area contributed by atoms with Crippen molar-refractivity contribution in [1.82, 2.24) is 0 Å². The number of rotatable bonds is 7. The quantitative estimate of drug-likeness (QED) is 0.644. The molecule has 1 saturated carbocycles. The lowest BCUT2D eigenvalue weighted by molar-refractivity contribution is -0.125. The molecule has 2 atom stereocenters. The second-order valence-corrected chi connectivity index (χ2v) is 6.93. The maximum Gasteiger partial charge on any atom is 0.254 e. The van der Waals surface area contributed by atoms with Crippen LogP contribution in [-0.2, 0) is 4.79 Å². The molecule has 1 aliphatic rings. The molecule has 4 N–H and O–H groups in total. The Labute approximate surface area is 165 Å². The summed E-state index contributed by atoms with van der Waals surface area (Å²) >= 11 is 6.05. The molecular weight excluding hydrogens is 379 g/mol. The number of aliphatic hydroxyl groups is 1. The SMILES string of the molecule is COc1cc(NC(=O)C(O)[C@H](N)CC2CCCCC2)c(OC)cc1Cl.Cl. The summed E-state index contributed by atoms with van der Waals surface area (Å²) in [7, 11) is 2.95. The Hall–Kier alpha value is -1.21. The zero-order valence-electron chi connectivity index (χ0n) is 15.2. The van der Waals surface area contributed by atoms with Crippen molar-refractivity contribution in [2.24, 2.45) is 11.7 Å². The second kappa shape index (κ2) is 10.8. The van der Waals surface area contributed by atoms with Crippen LogP contribution in [0.25, 0.3) is 0 Å². The first-order valence-electron chi connectivity index (χ1n) is 8.62. The first kappa shape index (κ1) is 22.8. The molecular formula is C18H28Cl2N2O4. The zero-order chi connectivity index (χ0) is 18.4. The molecule has 1 fully saturated rings. The number of aliphatic hydroxyl groups excluding tert-OH is 1. The van der Waals surface area contributed by atoms with Gasteiger partial charge in [-0.15, -0.1) is 12.4 Å². The summed E-state index contributed by atoms with van der Waals surface area (Å²) in [4.78, 5) is 12.4. The summed E-state index contributed by atoms with van der Waals surface area (Å²) in [6.45, 7) is 0. The van der Waals surface area contributed by atoms with E-state index in [1.807, 2.05) is 0 Å². The average Bonchev–Trinajstić information content (AvgIpc) is 2.62. The number of ether oxygens (including phenoxy) is 2. The number of benzene rings is 1. The van der Waals surface area contributed by atoms with Gasteiger partial charge in [0.2, 0.25) is 0 Å². The van der Waals surface area contributed by atoms with Gasteiger partial charge in [-0.3, -0.25) is 4.79 Å². The van der Waals surface area contributed by atoms with Crippen molar-refractivity contribution in [3.05, 3.63) is 17.2 Å². The van der Waals surface area contributed by atoms with Gasteiger partial charge >= 0.3 is 0 Å². The lowest BCUT2D eigenvalue weighted by Gasteiger charge is -2.26. The van der Waals surface area contributed by atoms with Crippen molar-refractivity contribution < 1.29 is 19.4 Å². The number of carbonyl (C=O) groups is 1. The molecule has 148 valence electrons. The molecule has 0 radical (unpaired) electrons. The normalized spacial score (nSPS) is 17.0. The molecule has 1 aromatic carbocycles. The van der Waals surface area contributed by atoms with Crippen LogP contribution >= 0.6 is 24.0 Å². The van der Waals surface area contributed by atoms with Gasteiger partial charge in [0.15, 0.2) is 0 Å². The van der Waals surface area contributed by atoms with Crippen molar-refractivity contribution in [3.8, 4) is 11.5 Å². The fourth-order valence-corrected chi connectivity index (χ4v) is 3.53. The number of amides is 1. The van der Waals surface area contributed by atoms with Crippen LogP contribution in [0.2, 0.25) is 5.02 Å². The Balaban J connectivity index is 0.00000338. The molecule has 1 aromatic rings. The lowest BCUT2D eigenvalue weighted by atomic mass is 9.84. The number of methoxy groups -OCH3 is 2. The van der Waals surface area contributed by atoms with E-state index in [-0.39, 0.29) is 12.4 Å². The third-order valence-electron chi connectivity index (χ3n) is 4.74.